The van der Waals surface area contributed by atoms with Crippen molar-refractivity contribution in [3.63, 3.8) is 0 Å². The molecule has 1 N–H and O–H groups in total. The van der Waals surface area contributed by atoms with E-state index in [1.54, 1.807) is 0 Å². The van der Waals surface area contributed by atoms with Crippen LogP contribution in [0.4, 0.5) is 5.69 Å². The first-order valence-electron chi connectivity index (χ1n) is 5.57. The molecule has 3 rings (SSSR count). The van der Waals surface area contributed by atoms with Crippen molar-refractivity contribution < 1.29 is 0 Å². The van der Waals surface area contributed by atoms with Crippen LogP contribution < -0.4 is 5.32 Å². The van der Waals surface area contributed by atoms with Crippen LogP contribution in [0.25, 0.3) is 10.8 Å². The summed E-state index contributed by atoms with van der Waals surface area (Å²) in [5, 5.41) is 14.7. The van der Waals surface area contributed by atoms with Gasteiger partial charge in [0, 0.05) is 22.5 Å². The van der Waals surface area contributed by atoms with E-state index in [1.807, 2.05) is 30.3 Å². The number of fused-ring (bicyclic) bond motifs is 1. The number of hydrogen-bond acceptors (Lipinski definition) is 2. The number of rotatable bonds is 2. The van der Waals surface area contributed by atoms with E-state index in [1.165, 1.54) is 12.8 Å². The van der Waals surface area contributed by atoms with Gasteiger partial charge in [-0.25, -0.2) is 0 Å². The number of benzene rings is 2. The Bertz CT molecular complexity index is 577. The topological polar surface area (TPSA) is 35.8 Å². The molecule has 1 saturated carbocycles. The van der Waals surface area contributed by atoms with Gasteiger partial charge in [0.15, 0.2) is 0 Å². The number of nitriles is 1. The molecule has 16 heavy (non-hydrogen) atoms. The van der Waals surface area contributed by atoms with E-state index in [9.17, 15) is 0 Å². The third-order valence-electron chi connectivity index (χ3n) is 2.98. The van der Waals surface area contributed by atoms with Gasteiger partial charge in [-0.3, -0.25) is 0 Å². The second kappa shape index (κ2) is 3.53. The molecule has 1 aliphatic rings. The molecule has 78 valence electrons. The molecule has 2 nitrogen and oxygen atoms in total. The SMILES string of the molecule is N#Cc1ccc(NC2CC2)c2ccccc12. The lowest BCUT2D eigenvalue weighted by atomic mass is 10.0. The van der Waals surface area contributed by atoms with Gasteiger partial charge >= 0.3 is 0 Å². The summed E-state index contributed by atoms with van der Waals surface area (Å²) < 4.78 is 0. The number of nitrogens with one attached hydrogen (secondary N) is 1. The quantitative estimate of drug-likeness (QED) is 0.822. The minimum atomic E-state index is 0.636. The predicted molar refractivity (Wildman–Crippen MR) is 65.3 cm³/mol. The molecule has 2 heteroatoms. The van der Waals surface area contributed by atoms with Gasteiger partial charge in [-0.15, -0.1) is 0 Å². The summed E-state index contributed by atoms with van der Waals surface area (Å²) in [6, 6.07) is 14.9. The standard InChI is InChI=1S/C14H12N2/c15-9-10-5-8-14(16-11-6-7-11)13-4-2-1-3-12(10)13/h1-5,8,11,16H,6-7H2. The maximum atomic E-state index is 9.05. The molecule has 2 aromatic carbocycles. The smallest absolute Gasteiger partial charge is 0.0998 e. The first kappa shape index (κ1) is 9.23. The zero-order chi connectivity index (χ0) is 11.0. The molecule has 0 radical (unpaired) electrons. The largest absolute Gasteiger partial charge is 0.382 e. The molecule has 1 aliphatic carbocycles. The highest BCUT2D eigenvalue weighted by Crippen LogP contribution is 2.31. The van der Waals surface area contributed by atoms with Gasteiger partial charge in [-0.2, -0.15) is 5.26 Å². The molecular weight excluding hydrogens is 196 g/mol. The normalized spacial score (nSPS) is 14.7. The van der Waals surface area contributed by atoms with Crippen molar-refractivity contribution in [2.45, 2.75) is 18.9 Å². The van der Waals surface area contributed by atoms with Crippen LogP contribution in [0.15, 0.2) is 36.4 Å². The van der Waals surface area contributed by atoms with Crippen molar-refractivity contribution >= 4 is 16.5 Å². The zero-order valence-corrected chi connectivity index (χ0v) is 8.90. The Balaban J connectivity index is 2.19. The maximum Gasteiger partial charge on any atom is 0.0998 e. The van der Waals surface area contributed by atoms with Crippen LogP contribution in [0.5, 0.6) is 0 Å². The van der Waals surface area contributed by atoms with E-state index in [0.717, 1.165) is 22.0 Å². The van der Waals surface area contributed by atoms with E-state index in [2.05, 4.69) is 17.5 Å². The molecule has 0 atom stereocenters. The number of hydrogen-bond donors (Lipinski definition) is 1. The summed E-state index contributed by atoms with van der Waals surface area (Å²) in [7, 11) is 0. The molecule has 0 amide bonds. The molecule has 0 bridgehead atoms. The van der Waals surface area contributed by atoms with Gasteiger partial charge in [0.1, 0.15) is 0 Å². The maximum absolute atomic E-state index is 9.05. The third-order valence-corrected chi connectivity index (χ3v) is 2.98. The van der Waals surface area contributed by atoms with Gasteiger partial charge in [-0.1, -0.05) is 24.3 Å². The highest BCUT2D eigenvalue weighted by atomic mass is 15.0. The Morgan fingerprint density at radius 2 is 1.81 bits per heavy atom. The summed E-state index contributed by atoms with van der Waals surface area (Å²) in [6.07, 6.45) is 2.52. The monoisotopic (exact) mass is 208 g/mol. The second-order valence-electron chi connectivity index (χ2n) is 4.24. The lowest BCUT2D eigenvalue weighted by Gasteiger charge is -2.09. The van der Waals surface area contributed by atoms with E-state index in [-0.39, 0.29) is 0 Å². The zero-order valence-electron chi connectivity index (χ0n) is 8.90. The molecule has 2 aromatic rings. The summed E-state index contributed by atoms with van der Waals surface area (Å²) in [5.74, 6) is 0. The average Bonchev–Trinajstić information content (AvgIpc) is 3.14. The Kier molecular flexibility index (Phi) is 2.04. The van der Waals surface area contributed by atoms with Crippen molar-refractivity contribution in [2.24, 2.45) is 0 Å². The van der Waals surface area contributed by atoms with Gasteiger partial charge in [0.2, 0.25) is 0 Å². The lowest BCUT2D eigenvalue weighted by molar-refractivity contribution is 1.16. The van der Waals surface area contributed by atoms with Gasteiger partial charge in [-0.05, 0) is 25.0 Å². The van der Waals surface area contributed by atoms with Crippen molar-refractivity contribution in [3.8, 4) is 6.07 Å². The Morgan fingerprint density at radius 3 is 2.50 bits per heavy atom. The highest BCUT2D eigenvalue weighted by Gasteiger charge is 2.21. The van der Waals surface area contributed by atoms with Crippen molar-refractivity contribution in [3.05, 3.63) is 42.0 Å². The van der Waals surface area contributed by atoms with Crippen molar-refractivity contribution in [1.82, 2.24) is 0 Å². The number of anilines is 1. The van der Waals surface area contributed by atoms with Crippen LogP contribution in [0, 0.1) is 11.3 Å². The predicted octanol–water partition coefficient (Wildman–Crippen LogP) is 3.29. The summed E-state index contributed by atoms with van der Waals surface area (Å²) >= 11 is 0. The van der Waals surface area contributed by atoms with Crippen molar-refractivity contribution in [2.75, 3.05) is 5.32 Å². The highest BCUT2D eigenvalue weighted by molar-refractivity contribution is 5.97. The van der Waals surface area contributed by atoms with Crippen LogP contribution >= 0.6 is 0 Å². The van der Waals surface area contributed by atoms with Gasteiger partial charge in [0.05, 0.1) is 11.6 Å². The molecule has 0 spiro atoms. The van der Waals surface area contributed by atoms with Crippen LogP contribution in [0.1, 0.15) is 18.4 Å². The number of nitrogens with zero attached hydrogens (tertiary/aromatic N) is 1. The fraction of sp³-hybridized carbons (Fsp3) is 0.214. The first-order valence-corrected chi connectivity index (χ1v) is 5.57. The molecule has 0 aromatic heterocycles. The molecule has 0 heterocycles. The molecule has 0 unspecified atom stereocenters. The van der Waals surface area contributed by atoms with E-state index in [0.29, 0.717) is 6.04 Å². The lowest BCUT2D eigenvalue weighted by Crippen LogP contribution is -2.01. The Labute approximate surface area is 94.5 Å². The van der Waals surface area contributed by atoms with Gasteiger partial charge in [0.25, 0.3) is 0 Å². The second-order valence-corrected chi connectivity index (χ2v) is 4.24. The minimum absolute atomic E-state index is 0.636. The molecule has 1 fully saturated rings. The van der Waals surface area contributed by atoms with Crippen molar-refractivity contribution in [1.29, 1.82) is 5.26 Å². The Morgan fingerprint density at radius 1 is 1.06 bits per heavy atom. The van der Waals surface area contributed by atoms with Crippen LogP contribution in [0.2, 0.25) is 0 Å². The summed E-state index contributed by atoms with van der Waals surface area (Å²) in [4.78, 5) is 0. The van der Waals surface area contributed by atoms with Gasteiger partial charge < -0.3 is 5.32 Å². The van der Waals surface area contributed by atoms with E-state index < -0.39 is 0 Å². The molecule has 0 aliphatic heterocycles. The third kappa shape index (κ3) is 1.51. The first-order chi connectivity index (χ1) is 7.88. The summed E-state index contributed by atoms with van der Waals surface area (Å²) in [5.41, 5.74) is 1.90. The van der Waals surface area contributed by atoms with Crippen LogP contribution in [-0.4, -0.2) is 6.04 Å². The molecular formula is C14H12N2. The van der Waals surface area contributed by atoms with Crippen LogP contribution in [0.3, 0.4) is 0 Å². The van der Waals surface area contributed by atoms with E-state index >= 15 is 0 Å². The molecule has 0 saturated heterocycles. The summed E-state index contributed by atoms with van der Waals surface area (Å²) in [6.45, 7) is 0. The minimum Gasteiger partial charge on any atom is -0.382 e. The fourth-order valence-electron chi connectivity index (χ4n) is 1.97. The van der Waals surface area contributed by atoms with Crippen LogP contribution in [-0.2, 0) is 0 Å². The fourth-order valence-corrected chi connectivity index (χ4v) is 1.97. The van der Waals surface area contributed by atoms with E-state index in [4.69, 9.17) is 5.26 Å². The average molecular weight is 208 g/mol. The Hall–Kier alpha value is -2.01.